The number of hydrogen-bond donors (Lipinski definition) is 1. The average Bonchev–Trinajstić information content (AvgIpc) is 2.64. The molecule has 1 aliphatic rings. The third kappa shape index (κ3) is 5.57. The van der Waals surface area contributed by atoms with Gasteiger partial charge in [-0.15, -0.1) is 0 Å². The molecule has 1 aromatic heterocycles. The fourth-order valence-electron chi connectivity index (χ4n) is 2.61. The standard InChI is InChI=1S/C18H29N7O2/c1-14(2)12-20-18(21-13-15(26)22(3)4)25-10-8-24(9-11-25)16-17(27)23(5)7-6-19-16/h6-7H,1,8-13H2,2-5H3,(H,20,21). The van der Waals surface area contributed by atoms with Crippen molar-refractivity contribution in [2.24, 2.45) is 12.0 Å². The molecule has 0 atom stereocenters. The van der Waals surface area contributed by atoms with E-state index in [1.54, 1.807) is 33.5 Å². The van der Waals surface area contributed by atoms with E-state index >= 15 is 0 Å². The summed E-state index contributed by atoms with van der Waals surface area (Å²) in [6.07, 6.45) is 3.29. The van der Waals surface area contributed by atoms with Gasteiger partial charge in [0.15, 0.2) is 11.8 Å². The number of carbonyl (C=O) groups is 1. The zero-order chi connectivity index (χ0) is 20.0. The van der Waals surface area contributed by atoms with Crippen LogP contribution in [0.1, 0.15) is 6.92 Å². The van der Waals surface area contributed by atoms with Gasteiger partial charge in [-0.05, 0) is 6.92 Å². The first-order valence-electron chi connectivity index (χ1n) is 8.94. The summed E-state index contributed by atoms with van der Waals surface area (Å²) in [4.78, 5) is 38.4. The monoisotopic (exact) mass is 375 g/mol. The number of likely N-dealkylation sites (N-methyl/N-ethyl adjacent to an activating group) is 1. The Bertz CT molecular complexity index is 761. The minimum atomic E-state index is -0.100. The van der Waals surface area contributed by atoms with Gasteiger partial charge < -0.3 is 24.6 Å². The zero-order valence-corrected chi connectivity index (χ0v) is 16.6. The Hall–Kier alpha value is -2.84. The highest BCUT2D eigenvalue weighted by Crippen LogP contribution is 2.09. The lowest BCUT2D eigenvalue weighted by molar-refractivity contribution is -0.127. The van der Waals surface area contributed by atoms with Crippen LogP contribution in [-0.4, -0.2) is 84.6 Å². The molecule has 2 rings (SSSR count). The molecule has 9 nitrogen and oxygen atoms in total. The van der Waals surface area contributed by atoms with E-state index in [9.17, 15) is 9.59 Å². The number of aryl methyl sites for hydroxylation is 1. The van der Waals surface area contributed by atoms with Gasteiger partial charge in [0.05, 0.1) is 0 Å². The van der Waals surface area contributed by atoms with Crippen molar-refractivity contribution in [3.05, 3.63) is 34.9 Å². The normalized spacial score (nSPS) is 14.9. The van der Waals surface area contributed by atoms with Crippen LogP contribution in [0.2, 0.25) is 0 Å². The molecule has 148 valence electrons. The Kier molecular flexibility index (Phi) is 6.98. The number of guanidine groups is 1. The predicted octanol–water partition coefficient (Wildman–Crippen LogP) is -0.488. The molecule has 1 saturated heterocycles. The van der Waals surface area contributed by atoms with Crippen molar-refractivity contribution in [3.8, 4) is 0 Å². The number of carbonyl (C=O) groups excluding carboxylic acids is 1. The number of nitrogens with zero attached hydrogens (tertiary/aromatic N) is 6. The summed E-state index contributed by atoms with van der Waals surface area (Å²) in [5, 5.41) is 3.26. The Labute approximate surface area is 160 Å². The molecule has 0 aromatic carbocycles. The number of amides is 1. The summed E-state index contributed by atoms with van der Waals surface area (Å²) in [6, 6.07) is 0. The van der Waals surface area contributed by atoms with Gasteiger partial charge in [0.25, 0.3) is 5.56 Å². The van der Waals surface area contributed by atoms with Crippen LogP contribution in [0.25, 0.3) is 0 Å². The second kappa shape index (κ2) is 9.20. The Morgan fingerprint density at radius 2 is 2.00 bits per heavy atom. The van der Waals surface area contributed by atoms with Gasteiger partial charge in [-0.3, -0.25) is 9.59 Å². The van der Waals surface area contributed by atoms with Gasteiger partial charge in [0.1, 0.15) is 6.54 Å². The first kappa shape index (κ1) is 20.5. The molecular formula is C18H29N7O2. The number of nitrogens with one attached hydrogen (secondary N) is 1. The van der Waals surface area contributed by atoms with Crippen LogP contribution in [0.5, 0.6) is 0 Å². The van der Waals surface area contributed by atoms with Crippen LogP contribution in [0.4, 0.5) is 5.82 Å². The van der Waals surface area contributed by atoms with E-state index in [0.29, 0.717) is 44.5 Å². The molecule has 27 heavy (non-hydrogen) atoms. The Morgan fingerprint density at radius 1 is 1.33 bits per heavy atom. The minimum absolute atomic E-state index is 0.0553. The lowest BCUT2D eigenvalue weighted by atomic mass is 10.3. The zero-order valence-electron chi connectivity index (χ0n) is 16.6. The molecular weight excluding hydrogens is 346 g/mol. The molecule has 1 aromatic rings. The molecule has 2 heterocycles. The first-order chi connectivity index (χ1) is 12.8. The fraction of sp³-hybridized carbons (Fsp3) is 0.556. The number of hydrogen-bond acceptors (Lipinski definition) is 5. The predicted molar refractivity (Wildman–Crippen MR) is 107 cm³/mol. The second-order valence-corrected chi connectivity index (χ2v) is 6.88. The van der Waals surface area contributed by atoms with E-state index in [1.807, 2.05) is 11.8 Å². The van der Waals surface area contributed by atoms with E-state index < -0.39 is 0 Å². The maximum absolute atomic E-state index is 12.3. The van der Waals surface area contributed by atoms with Gasteiger partial charge in [-0.1, -0.05) is 12.2 Å². The summed E-state index contributed by atoms with van der Waals surface area (Å²) >= 11 is 0. The number of aliphatic imine (C=N–C) groups is 1. The highest BCUT2D eigenvalue weighted by molar-refractivity contribution is 5.85. The van der Waals surface area contributed by atoms with Gasteiger partial charge in [0.2, 0.25) is 5.91 Å². The first-order valence-corrected chi connectivity index (χ1v) is 8.94. The number of anilines is 1. The van der Waals surface area contributed by atoms with Gasteiger partial charge in [-0.2, -0.15) is 0 Å². The third-order valence-corrected chi connectivity index (χ3v) is 4.29. The van der Waals surface area contributed by atoms with Crippen LogP contribution in [-0.2, 0) is 11.8 Å². The lowest BCUT2D eigenvalue weighted by Crippen LogP contribution is -2.54. The number of piperazine rings is 1. The molecule has 0 aliphatic carbocycles. The Morgan fingerprint density at radius 3 is 2.59 bits per heavy atom. The van der Waals surface area contributed by atoms with Gasteiger partial charge in [-0.25, -0.2) is 9.98 Å². The van der Waals surface area contributed by atoms with Crippen molar-refractivity contribution >= 4 is 17.7 Å². The molecule has 1 N–H and O–H groups in total. The van der Waals surface area contributed by atoms with Crippen molar-refractivity contribution in [1.29, 1.82) is 0 Å². The van der Waals surface area contributed by atoms with Crippen LogP contribution in [0.3, 0.4) is 0 Å². The van der Waals surface area contributed by atoms with Crippen LogP contribution >= 0.6 is 0 Å². The molecule has 0 radical (unpaired) electrons. The molecule has 0 spiro atoms. The van der Waals surface area contributed by atoms with Crippen LogP contribution < -0.4 is 15.8 Å². The summed E-state index contributed by atoms with van der Waals surface area (Å²) in [6.45, 7) is 9.18. The second-order valence-electron chi connectivity index (χ2n) is 6.88. The van der Waals surface area contributed by atoms with E-state index in [-0.39, 0.29) is 18.0 Å². The molecule has 0 saturated carbocycles. The van der Waals surface area contributed by atoms with E-state index in [0.717, 1.165) is 5.57 Å². The molecule has 1 amide bonds. The fourth-order valence-corrected chi connectivity index (χ4v) is 2.61. The van der Waals surface area contributed by atoms with E-state index in [2.05, 4.69) is 26.8 Å². The van der Waals surface area contributed by atoms with E-state index in [4.69, 9.17) is 0 Å². The highest BCUT2D eigenvalue weighted by atomic mass is 16.2. The summed E-state index contributed by atoms with van der Waals surface area (Å²) in [7, 11) is 5.15. The number of rotatable bonds is 5. The van der Waals surface area contributed by atoms with Gasteiger partial charge >= 0.3 is 0 Å². The number of aromatic nitrogens is 2. The molecule has 1 aliphatic heterocycles. The SMILES string of the molecule is C=C(C)CNC(=NCC(=O)N(C)C)N1CCN(c2nccn(C)c2=O)CC1. The smallest absolute Gasteiger partial charge is 0.293 e. The summed E-state index contributed by atoms with van der Waals surface area (Å²) in [5.41, 5.74) is 0.883. The maximum atomic E-state index is 12.3. The van der Waals surface area contributed by atoms with Crippen molar-refractivity contribution in [3.63, 3.8) is 0 Å². The highest BCUT2D eigenvalue weighted by Gasteiger charge is 2.22. The van der Waals surface area contributed by atoms with Crippen molar-refractivity contribution in [2.75, 3.05) is 58.3 Å². The molecule has 0 bridgehead atoms. The van der Waals surface area contributed by atoms with Crippen molar-refractivity contribution in [2.45, 2.75) is 6.92 Å². The summed E-state index contributed by atoms with van der Waals surface area (Å²) < 4.78 is 1.53. The average molecular weight is 375 g/mol. The molecule has 1 fully saturated rings. The topological polar surface area (TPSA) is 86.1 Å². The molecule has 0 unspecified atom stereocenters. The quantitative estimate of drug-likeness (QED) is 0.425. The largest absolute Gasteiger partial charge is 0.352 e. The third-order valence-electron chi connectivity index (χ3n) is 4.29. The minimum Gasteiger partial charge on any atom is -0.352 e. The van der Waals surface area contributed by atoms with Gasteiger partial charge in [0, 0.05) is 66.3 Å². The van der Waals surface area contributed by atoms with Crippen molar-refractivity contribution in [1.82, 2.24) is 24.7 Å². The lowest BCUT2D eigenvalue weighted by Gasteiger charge is -2.36. The molecule has 9 heteroatoms. The van der Waals surface area contributed by atoms with Crippen LogP contribution in [0.15, 0.2) is 34.3 Å². The van der Waals surface area contributed by atoms with Crippen molar-refractivity contribution < 1.29 is 4.79 Å². The van der Waals surface area contributed by atoms with Crippen LogP contribution in [0, 0.1) is 0 Å². The summed E-state index contributed by atoms with van der Waals surface area (Å²) in [5.74, 6) is 1.10. The Balaban J connectivity index is 2.06. The maximum Gasteiger partial charge on any atom is 0.293 e. The van der Waals surface area contributed by atoms with E-state index in [1.165, 1.54) is 9.47 Å².